The van der Waals surface area contributed by atoms with Gasteiger partial charge in [-0.05, 0) is 44.9 Å². The Morgan fingerprint density at radius 3 is 2.52 bits per heavy atom. The molecule has 0 aliphatic heterocycles. The minimum atomic E-state index is -0.0519. The van der Waals surface area contributed by atoms with Crippen molar-refractivity contribution in [3.8, 4) is 0 Å². The number of urea groups is 1. The summed E-state index contributed by atoms with van der Waals surface area (Å²) in [6.07, 6.45) is 9.93. The van der Waals surface area contributed by atoms with Gasteiger partial charge in [0.25, 0.3) is 0 Å². The summed E-state index contributed by atoms with van der Waals surface area (Å²) in [5.41, 5.74) is 0. The van der Waals surface area contributed by atoms with Crippen molar-refractivity contribution in [3.63, 3.8) is 0 Å². The van der Waals surface area contributed by atoms with Crippen molar-refractivity contribution >= 4 is 6.03 Å². The summed E-state index contributed by atoms with van der Waals surface area (Å²) in [6, 6.07) is 0.190. The number of ether oxygens (including phenoxy) is 1. The molecule has 0 radical (unpaired) electrons. The van der Waals surface area contributed by atoms with E-state index >= 15 is 0 Å². The van der Waals surface area contributed by atoms with Crippen LogP contribution in [0.4, 0.5) is 4.79 Å². The average Bonchev–Trinajstić information content (AvgIpc) is 2.46. The van der Waals surface area contributed by atoms with Gasteiger partial charge in [-0.25, -0.2) is 4.79 Å². The second-order valence-electron chi connectivity index (χ2n) is 6.76. The van der Waals surface area contributed by atoms with Gasteiger partial charge in [0.05, 0.1) is 6.10 Å². The molecule has 1 aliphatic rings. The Kier molecular flexibility index (Phi) is 9.48. The largest absolute Gasteiger partial charge is 0.378 e. The smallest absolute Gasteiger partial charge is 0.314 e. The third kappa shape index (κ3) is 9.72. The first-order valence-corrected chi connectivity index (χ1v) is 8.74. The summed E-state index contributed by atoms with van der Waals surface area (Å²) < 4.78 is 5.84. The Morgan fingerprint density at radius 1 is 1.14 bits per heavy atom. The molecule has 0 saturated heterocycles. The Balaban J connectivity index is 1.95. The zero-order valence-corrected chi connectivity index (χ0v) is 14.1. The van der Waals surface area contributed by atoms with Gasteiger partial charge in [-0.15, -0.1) is 0 Å². The van der Waals surface area contributed by atoms with Gasteiger partial charge in [0.1, 0.15) is 0 Å². The highest BCUT2D eigenvalue weighted by Gasteiger charge is 2.13. The van der Waals surface area contributed by atoms with Crippen LogP contribution in [-0.2, 0) is 4.74 Å². The van der Waals surface area contributed by atoms with Crippen LogP contribution in [0.1, 0.15) is 72.1 Å². The summed E-state index contributed by atoms with van der Waals surface area (Å²) in [7, 11) is 0. The molecular weight excluding hydrogens is 264 g/mol. The van der Waals surface area contributed by atoms with Crippen LogP contribution in [0.3, 0.4) is 0 Å². The number of rotatable bonds is 9. The normalized spacial score (nSPS) is 17.7. The second kappa shape index (κ2) is 10.9. The standard InChI is InChI=1S/C17H34N2O2/c1-14(2)10-11-15(3)19-17(20)18-12-7-13-21-16-8-5-4-6-9-16/h14-16H,4-13H2,1-3H3,(H2,18,19,20). The summed E-state index contributed by atoms with van der Waals surface area (Å²) in [6.45, 7) is 7.93. The summed E-state index contributed by atoms with van der Waals surface area (Å²) in [5, 5.41) is 5.89. The van der Waals surface area contributed by atoms with Crippen LogP contribution in [0.2, 0.25) is 0 Å². The van der Waals surface area contributed by atoms with E-state index < -0.39 is 0 Å². The molecule has 2 N–H and O–H groups in total. The van der Waals surface area contributed by atoms with Crippen molar-refractivity contribution < 1.29 is 9.53 Å². The zero-order valence-electron chi connectivity index (χ0n) is 14.1. The second-order valence-corrected chi connectivity index (χ2v) is 6.76. The fourth-order valence-corrected chi connectivity index (χ4v) is 2.69. The van der Waals surface area contributed by atoms with Gasteiger partial charge >= 0.3 is 6.03 Å². The van der Waals surface area contributed by atoms with Crippen LogP contribution in [-0.4, -0.2) is 31.3 Å². The fourth-order valence-electron chi connectivity index (χ4n) is 2.69. The van der Waals surface area contributed by atoms with Crippen LogP contribution < -0.4 is 10.6 Å². The Morgan fingerprint density at radius 2 is 1.86 bits per heavy atom. The van der Waals surface area contributed by atoms with E-state index in [9.17, 15) is 4.79 Å². The van der Waals surface area contributed by atoms with E-state index in [4.69, 9.17) is 4.74 Å². The molecule has 0 heterocycles. The van der Waals surface area contributed by atoms with Gasteiger partial charge in [-0.3, -0.25) is 0 Å². The molecule has 1 rings (SSSR count). The molecular formula is C17H34N2O2. The summed E-state index contributed by atoms with van der Waals surface area (Å²) in [4.78, 5) is 11.7. The van der Waals surface area contributed by atoms with E-state index in [1.165, 1.54) is 32.1 Å². The predicted molar refractivity (Wildman–Crippen MR) is 87.5 cm³/mol. The van der Waals surface area contributed by atoms with Crippen molar-refractivity contribution in [2.24, 2.45) is 5.92 Å². The molecule has 0 aromatic heterocycles. The SMILES string of the molecule is CC(C)CCC(C)NC(=O)NCCCOC1CCCCC1. The highest BCUT2D eigenvalue weighted by atomic mass is 16.5. The van der Waals surface area contributed by atoms with Crippen LogP contribution in [0.5, 0.6) is 0 Å². The van der Waals surface area contributed by atoms with E-state index in [1.807, 2.05) is 0 Å². The van der Waals surface area contributed by atoms with Gasteiger partial charge in [0.2, 0.25) is 0 Å². The number of amides is 2. The van der Waals surface area contributed by atoms with Crippen LogP contribution >= 0.6 is 0 Å². The average molecular weight is 298 g/mol. The maximum absolute atomic E-state index is 11.7. The van der Waals surface area contributed by atoms with Gasteiger partial charge in [0, 0.05) is 19.2 Å². The fraction of sp³-hybridized carbons (Fsp3) is 0.941. The van der Waals surface area contributed by atoms with Crippen molar-refractivity contribution in [1.29, 1.82) is 0 Å². The number of carbonyl (C=O) groups excluding carboxylic acids is 1. The number of carbonyl (C=O) groups is 1. The number of hydrogen-bond acceptors (Lipinski definition) is 2. The molecule has 4 heteroatoms. The first-order valence-electron chi connectivity index (χ1n) is 8.74. The molecule has 1 aliphatic carbocycles. The van der Waals surface area contributed by atoms with Gasteiger partial charge in [-0.1, -0.05) is 33.1 Å². The first-order chi connectivity index (χ1) is 10.1. The molecule has 21 heavy (non-hydrogen) atoms. The van der Waals surface area contributed by atoms with Crippen molar-refractivity contribution in [2.45, 2.75) is 84.3 Å². The third-order valence-corrected chi connectivity index (χ3v) is 4.07. The minimum Gasteiger partial charge on any atom is -0.378 e. The lowest BCUT2D eigenvalue weighted by Crippen LogP contribution is -2.41. The Hall–Kier alpha value is -0.770. The predicted octanol–water partition coefficient (Wildman–Crippen LogP) is 3.85. The molecule has 4 nitrogen and oxygen atoms in total. The van der Waals surface area contributed by atoms with Crippen molar-refractivity contribution in [2.75, 3.05) is 13.2 Å². The molecule has 0 bridgehead atoms. The highest BCUT2D eigenvalue weighted by molar-refractivity contribution is 5.74. The van der Waals surface area contributed by atoms with Crippen LogP contribution in [0.15, 0.2) is 0 Å². The van der Waals surface area contributed by atoms with Crippen molar-refractivity contribution in [3.05, 3.63) is 0 Å². The molecule has 0 spiro atoms. The molecule has 1 atom stereocenters. The lowest BCUT2D eigenvalue weighted by molar-refractivity contribution is 0.0275. The lowest BCUT2D eigenvalue weighted by atomic mass is 9.98. The van der Waals surface area contributed by atoms with Crippen LogP contribution in [0, 0.1) is 5.92 Å². The van der Waals surface area contributed by atoms with E-state index in [0.29, 0.717) is 18.6 Å². The molecule has 2 amide bonds. The maximum atomic E-state index is 11.7. The van der Waals surface area contributed by atoms with E-state index in [-0.39, 0.29) is 12.1 Å². The summed E-state index contributed by atoms with van der Waals surface area (Å²) in [5.74, 6) is 0.689. The monoisotopic (exact) mass is 298 g/mol. The topological polar surface area (TPSA) is 50.4 Å². The first kappa shape index (κ1) is 18.3. The summed E-state index contributed by atoms with van der Waals surface area (Å²) >= 11 is 0. The highest BCUT2D eigenvalue weighted by Crippen LogP contribution is 2.20. The Bertz CT molecular complexity index is 276. The van der Waals surface area contributed by atoms with Gasteiger partial charge in [-0.2, -0.15) is 0 Å². The van der Waals surface area contributed by atoms with Crippen LogP contribution in [0.25, 0.3) is 0 Å². The maximum Gasteiger partial charge on any atom is 0.314 e. The Labute approximate surface area is 130 Å². The number of hydrogen-bond donors (Lipinski definition) is 2. The molecule has 1 fully saturated rings. The molecule has 124 valence electrons. The van der Waals surface area contributed by atoms with Crippen molar-refractivity contribution in [1.82, 2.24) is 10.6 Å². The van der Waals surface area contributed by atoms with E-state index in [1.54, 1.807) is 0 Å². The lowest BCUT2D eigenvalue weighted by Gasteiger charge is -2.22. The molecule has 1 saturated carbocycles. The van der Waals surface area contributed by atoms with Gasteiger partial charge < -0.3 is 15.4 Å². The van der Waals surface area contributed by atoms with E-state index in [2.05, 4.69) is 31.4 Å². The van der Waals surface area contributed by atoms with E-state index in [0.717, 1.165) is 25.9 Å². The molecule has 0 aromatic carbocycles. The van der Waals surface area contributed by atoms with Gasteiger partial charge in [0.15, 0.2) is 0 Å². The quantitative estimate of drug-likeness (QED) is 0.635. The number of nitrogens with one attached hydrogen (secondary N) is 2. The molecule has 1 unspecified atom stereocenters. The third-order valence-electron chi connectivity index (χ3n) is 4.07. The zero-order chi connectivity index (χ0) is 15.5. The minimum absolute atomic E-state index is 0.0519. The molecule has 0 aromatic rings.